The molecule has 1 heterocycles. The van der Waals surface area contributed by atoms with E-state index in [2.05, 4.69) is 53.8 Å². The molecule has 252 valence electrons. The average Bonchev–Trinajstić information content (AvgIpc) is 3.15. The quantitative estimate of drug-likeness (QED) is 0.125. The van der Waals surface area contributed by atoms with Gasteiger partial charge in [-0.05, 0) is 72.6 Å². The van der Waals surface area contributed by atoms with Crippen LogP contribution in [0.15, 0.2) is 133 Å². The number of likely N-dealkylation sites (N-methyl/N-ethyl adjacent to an activating group) is 1. The van der Waals surface area contributed by atoms with Crippen molar-refractivity contribution in [2.45, 2.75) is 51.0 Å². The first-order valence-corrected chi connectivity index (χ1v) is 16.7. The highest BCUT2D eigenvalue weighted by atomic mass is 16.7. The van der Waals surface area contributed by atoms with E-state index in [1.54, 1.807) is 12.1 Å². The van der Waals surface area contributed by atoms with E-state index in [-0.39, 0.29) is 30.9 Å². The minimum Gasteiger partial charge on any atom is -0.457 e. The SMILES string of the molecule is C[C@@H](c1ccccc1)N(C)C[C@@H]1C[C@H](c2ccc(CO)cc2)O[C@H](c2ccc(CNC(=O)Nc3ccc(Oc4ccccc4)cc3)cc2)O1. The number of ether oxygens (including phenoxy) is 3. The number of anilines is 1. The first-order valence-electron chi connectivity index (χ1n) is 16.7. The van der Waals surface area contributed by atoms with Crippen molar-refractivity contribution in [3.63, 3.8) is 0 Å². The fourth-order valence-electron chi connectivity index (χ4n) is 5.88. The third kappa shape index (κ3) is 9.34. The van der Waals surface area contributed by atoms with Crippen molar-refractivity contribution >= 4 is 11.7 Å². The lowest BCUT2D eigenvalue weighted by atomic mass is 9.99. The van der Waals surface area contributed by atoms with E-state index in [4.69, 9.17) is 14.2 Å². The molecule has 0 aliphatic carbocycles. The lowest BCUT2D eigenvalue weighted by molar-refractivity contribution is -0.253. The van der Waals surface area contributed by atoms with Crippen LogP contribution < -0.4 is 15.4 Å². The molecule has 2 amide bonds. The summed E-state index contributed by atoms with van der Waals surface area (Å²) in [7, 11) is 2.13. The van der Waals surface area contributed by atoms with E-state index in [9.17, 15) is 9.90 Å². The summed E-state index contributed by atoms with van der Waals surface area (Å²) in [6.45, 7) is 3.31. The number of para-hydroxylation sites is 1. The number of amides is 2. The molecule has 0 saturated carbocycles. The Balaban J connectivity index is 1.06. The number of carbonyl (C=O) groups is 1. The number of aliphatic hydroxyl groups excluding tert-OH is 1. The number of hydrogen-bond acceptors (Lipinski definition) is 6. The zero-order valence-electron chi connectivity index (χ0n) is 27.9. The molecule has 3 N–H and O–H groups in total. The fourth-order valence-corrected chi connectivity index (χ4v) is 5.88. The van der Waals surface area contributed by atoms with Gasteiger partial charge in [0, 0.05) is 36.8 Å². The number of aliphatic hydroxyl groups is 1. The maximum atomic E-state index is 12.6. The molecule has 5 aromatic carbocycles. The largest absolute Gasteiger partial charge is 0.457 e. The van der Waals surface area contributed by atoms with Crippen LogP contribution in [0.1, 0.15) is 59.6 Å². The van der Waals surface area contributed by atoms with Crippen LogP contribution in [-0.2, 0) is 22.6 Å². The topological polar surface area (TPSA) is 92.3 Å². The molecule has 0 unspecified atom stereocenters. The molecular weight excluding hydrogens is 614 g/mol. The van der Waals surface area contributed by atoms with E-state index in [1.807, 2.05) is 97.1 Å². The van der Waals surface area contributed by atoms with Crippen molar-refractivity contribution in [2.75, 3.05) is 18.9 Å². The Hall–Kier alpha value is -4.99. The van der Waals surface area contributed by atoms with E-state index in [1.165, 1.54) is 5.56 Å². The van der Waals surface area contributed by atoms with Gasteiger partial charge in [-0.2, -0.15) is 0 Å². The molecule has 6 rings (SSSR count). The van der Waals surface area contributed by atoms with E-state index < -0.39 is 6.29 Å². The summed E-state index contributed by atoms with van der Waals surface area (Å²) in [5, 5.41) is 15.3. The molecule has 49 heavy (non-hydrogen) atoms. The summed E-state index contributed by atoms with van der Waals surface area (Å²) < 4.78 is 18.9. The van der Waals surface area contributed by atoms with Crippen LogP contribution in [0.3, 0.4) is 0 Å². The molecule has 1 fully saturated rings. The van der Waals surface area contributed by atoms with Gasteiger partial charge in [0.25, 0.3) is 0 Å². The van der Waals surface area contributed by atoms with E-state index in [0.717, 1.165) is 34.5 Å². The Labute approximate surface area is 288 Å². The maximum Gasteiger partial charge on any atom is 0.319 e. The predicted octanol–water partition coefficient (Wildman–Crippen LogP) is 8.53. The first-order chi connectivity index (χ1) is 23.9. The van der Waals surface area contributed by atoms with Gasteiger partial charge in [0.05, 0.1) is 18.8 Å². The smallest absolute Gasteiger partial charge is 0.319 e. The molecule has 5 aromatic rings. The van der Waals surface area contributed by atoms with Crippen molar-refractivity contribution in [1.29, 1.82) is 0 Å². The summed E-state index contributed by atoms with van der Waals surface area (Å²) in [5.74, 6) is 1.44. The molecule has 8 heteroatoms. The second-order valence-corrected chi connectivity index (χ2v) is 12.4. The van der Waals surface area contributed by atoms with Crippen LogP contribution in [0.5, 0.6) is 11.5 Å². The van der Waals surface area contributed by atoms with Gasteiger partial charge in [-0.1, -0.05) is 97.1 Å². The van der Waals surface area contributed by atoms with Crippen LogP contribution in [0.4, 0.5) is 10.5 Å². The number of carbonyl (C=O) groups excluding carboxylic acids is 1. The lowest BCUT2D eigenvalue weighted by Gasteiger charge is -2.39. The molecule has 0 spiro atoms. The summed E-state index contributed by atoms with van der Waals surface area (Å²) in [6, 6.07) is 43.1. The van der Waals surface area contributed by atoms with Crippen LogP contribution >= 0.6 is 0 Å². The monoisotopic (exact) mass is 657 g/mol. The van der Waals surface area contributed by atoms with Crippen molar-refractivity contribution < 1.29 is 24.1 Å². The standard InChI is InChI=1S/C41H43N3O5/c1-29(32-9-5-3-6-10-32)44(2)27-38-25-39(33-17-15-31(28-45)16-18-33)49-40(48-38)34-19-13-30(14-20-34)26-42-41(46)43-35-21-23-37(24-22-35)47-36-11-7-4-8-12-36/h3-24,29,38-40,45H,25-28H2,1-2H3,(H2,42,43,46)/t29-,38-,39+,40+/m0/s1. The molecular formula is C41H43N3O5. The molecule has 0 bridgehead atoms. The van der Waals surface area contributed by atoms with Crippen LogP contribution in [0, 0.1) is 0 Å². The third-order valence-electron chi connectivity index (χ3n) is 8.85. The fraction of sp³-hybridized carbons (Fsp3) is 0.244. The van der Waals surface area contributed by atoms with E-state index >= 15 is 0 Å². The highest BCUT2D eigenvalue weighted by molar-refractivity contribution is 5.89. The Bertz CT molecular complexity index is 1750. The second-order valence-electron chi connectivity index (χ2n) is 12.4. The lowest BCUT2D eigenvalue weighted by Crippen LogP contribution is -2.38. The Morgan fingerprint density at radius 3 is 2.08 bits per heavy atom. The van der Waals surface area contributed by atoms with Crippen molar-refractivity contribution in [1.82, 2.24) is 10.2 Å². The molecule has 8 nitrogen and oxygen atoms in total. The molecule has 0 aromatic heterocycles. The van der Waals surface area contributed by atoms with Gasteiger partial charge in [-0.25, -0.2) is 4.79 Å². The van der Waals surface area contributed by atoms with Gasteiger partial charge in [0.15, 0.2) is 6.29 Å². The molecule has 4 atom stereocenters. The van der Waals surface area contributed by atoms with Crippen molar-refractivity contribution in [3.8, 4) is 11.5 Å². The minimum atomic E-state index is -0.555. The number of rotatable bonds is 12. The Morgan fingerprint density at radius 1 is 0.796 bits per heavy atom. The number of hydrogen-bond donors (Lipinski definition) is 3. The zero-order chi connectivity index (χ0) is 34.0. The number of nitrogens with one attached hydrogen (secondary N) is 2. The van der Waals surface area contributed by atoms with Gasteiger partial charge < -0.3 is 30.0 Å². The summed E-state index contributed by atoms with van der Waals surface area (Å²) in [4.78, 5) is 15.0. The highest BCUT2D eigenvalue weighted by Crippen LogP contribution is 2.38. The average molecular weight is 658 g/mol. The van der Waals surface area contributed by atoms with Gasteiger partial charge >= 0.3 is 6.03 Å². The summed E-state index contributed by atoms with van der Waals surface area (Å²) >= 11 is 0. The van der Waals surface area contributed by atoms with Gasteiger partial charge in [-0.3, -0.25) is 4.90 Å². The van der Waals surface area contributed by atoms with Gasteiger partial charge in [0.2, 0.25) is 0 Å². The number of urea groups is 1. The maximum absolute atomic E-state index is 12.6. The molecule has 1 aliphatic heterocycles. The second kappa shape index (κ2) is 16.4. The summed E-state index contributed by atoms with van der Waals surface area (Å²) in [5.41, 5.74) is 5.70. The minimum absolute atomic E-state index is 0.00289. The third-order valence-corrected chi connectivity index (χ3v) is 8.85. The first kappa shape index (κ1) is 33.9. The highest BCUT2D eigenvalue weighted by Gasteiger charge is 2.33. The molecule has 0 radical (unpaired) electrons. The Kier molecular flexibility index (Phi) is 11.4. The Morgan fingerprint density at radius 2 is 1.41 bits per heavy atom. The number of nitrogens with zero attached hydrogens (tertiary/aromatic N) is 1. The van der Waals surface area contributed by atoms with E-state index in [0.29, 0.717) is 24.4 Å². The van der Waals surface area contributed by atoms with Crippen LogP contribution in [0.25, 0.3) is 0 Å². The van der Waals surface area contributed by atoms with Crippen molar-refractivity contribution in [2.24, 2.45) is 0 Å². The predicted molar refractivity (Wildman–Crippen MR) is 191 cm³/mol. The summed E-state index contributed by atoms with van der Waals surface area (Å²) in [6.07, 6.45) is -0.0796. The van der Waals surface area contributed by atoms with Crippen molar-refractivity contribution in [3.05, 3.63) is 161 Å². The zero-order valence-corrected chi connectivity index (χ0v) is 27.9. The number of benzene rings is 5. The molecule has 1 aliphatic rings. The van der Waals surface area contributed by atoms with Crippen LogP contribution in [-0.4, -0.2) is 35.7 Å². The van der Waals surface area contributed by atoms with Gasteiger partial charge in [-0.15, -0.1) is 0 Å². The van der Waals surface area contributed by atoms with Gasteiger partial charge in [0.1, 0.15) is 11.5 Å². The van der Waals surface area contributed by atoms with Crippen LogP contribution in [0.2, 0.25) is 0 Å². The molecule has 1 saturated heterocycles. The normalized spacial score (nSPS) is 18.1.